The van der Waals surface area contributed by atoms with Crippen molar-refractivity contribution in [3.05, 3.63) is 42.7 Å². The zero-order valence-electron chi connectivity index (χ0n) is 11.8. The largest absolute Gasteiger partial charge is 0.383 e. The summed E-state index contributed by atoms with van der Waals surface area (Å²) in [6, 6.07) is 10.4. The van der Waals surface area contributed by atoms with E-state index in [1.54, 1.807) is 13.3 Å². The molecule has 2 aromatic rings. The monoisotopic (exact) mass is 274 g/mol. The van der Waals surface area contributed by atoms with Crippen molar-refractivity contribution in [2.45, 2.75) is 18.9 Å². The molecule has 0 aliphatic rings. The van der Waals surface area contributed by atoms with Crippen LogP contribution in [0.3, 0.4) is 0 Å². The molecule has 0 aliphatic carbocycles. The molecule has 1 aromatic heterocycles. The van der Waals surface area contributed by atoms with Gasteiger partial charge in [-0.3, -0.25) is 0 Å². The molecule has 108 valence electrons. The first-order valence-electron chi connectivity index (χ1n) is 6.89. The maximum absolute atomic E-state index is 5.56. The number of anilines is 1. The molecule has 1 heterocycles. The Morgan fingerprint density at radius 2 is 2.15 bits per heavy atom. The molecule has 5 heteroatoms. The van der Waals surface area contributed by atoms with Crippen molar-refractivity contribution in [1.82, 2.24) is 9.78 Å². The van der Waals surface area contributed by atoms with Crippen LogP contribution in [0.5, 0.6) is 0 Å². The van der Waals surface area contributed by atoms with Gasteiger partial charge < -0.3 is 15.8 Å². The zero-order chi connectivity index (χ0) is 14.2. The van der Waals surface area contributed by atoms with Crippen LogP contribution in [0, 0.1) is 0 Å². The third-order valence-corrected chi connectivity index (χ3v) is 3.13. The van der Waals surface area contributed by atoms with Gasteiger partial charge in [0.2, 0.25) is 0 Å². The van der Waals surface area contributed by atoms with Gasteiger partial charge in [0, 0.05) is 31.2 Å². The summed E-state index contributed by atoms with van der Waals surface area (Å²) in [4.78, 5) is 0. The molecule has 2 rings (SSSR count). The van der Waals surface area contributed by atoms with Crippen molar-refractivity contribution in [3.8, 4) is 5.69 Å². The molecule has 0 bridgehead atoms. The van der Waals surface area contributed by atoms with Crippen molar-refractivity contribution in [2.24, 2.45) is 5.73 Å². The van der Waals surface area contributed by atoms with Gasteiger partial charge in [0.25, 0.3) is 0 Å². The second kappa shape index (κ2) is 7.67. The SMILES string of the molecule is COCC(CCCN)Nc1ccc(-n2cccn2)cc1. The Bertz CT molecular complexity index is 481. The van der Waals surface area contributed by atoms with E-state index in [1.807, 2.05) is 29.1 Å². The van der Waals surface area contributed by atoms with Gasteiger partial charge in [-0.1, -0.05) is 0 Å². The Kier molecular flexibility index (Phi) is 5.58. The smallest absolute Gasteiger partial charge is 0.0664 e. The van der Waals surface area contributed by atoms with E-state index in [0.717, 1.165) is 24.2 Å². The molecule has 1 aromatic carbocycles. The summed E-state index contributed by atoms with van der Waals surface area (Å²) >= 11 is 0. The van der Waals surface area contributed by atoms with Crippen LogP contribution in [0.2, 0.25) is 0 Å². The minimum absolute atomic E-state index is 0.291. The third-order valence-electron chi connectivity index (χ3n) is 3.13. The Labute approximate surface area is 119 Å². The summed E-state index contributed by atoms with van der Waals surface area (Å²) in [6.07, 6.45) is 5.70. The van der Waals surface area contributed by atoms with Crippen molar-refractivity contribution < 1.29 is 4.74 Å². The Morgan fingerprint density at radius 1 is 1.35 bits per heavy atom. The topological polar surface area (TPSA) is 65.1 Å². The Morgan fingerprint density at radius 3 is 2.75 bits per heavy atom. The first-order chi connectivity index (χ1) is 9.83. The van der Waals surface area contributed by atoms with Gasteiger partial charge in [0.05, 0.1) is 12.3 Å². The second-order valence-corrected chi connectivity index (χ2v) is 4.73. The van der Waals surface area contributed by atoms with Crippen molar-refractivity contribution in [2.75, 3.05) is 25.6 Å². The molecule has 20 heavy (non-hydrogen) atoms. The number of nitrogens with one attached hydrogen (secondary N) is 1. The summed E-state index contributed by atoms with van der Waals surface area (Å²) < 4.78 is 7.08. The van der Waals surface area contributed by atoms with Crippen LogP contribution in [0.1, 0.15) is 12.8 Å². The number of nitrogens with zero attached hydrogens (tertiary/aromatic N) is 2. The molecule has 0 saturated heterocycles. The van der Waals surface area contributed by atoms with Crippen LogP contribution in [0.25, 0.3) is 5.69 Å². The van der Waals surface area contributed by atoms with E-state index in [9.17, 15) is 0 Å². The standard InChI is InChI=1S/C15H22N4O/c1-20-12-14(4-2-9-16)18-13-5-7-15(8-6-13)19-11-3-10-17-19/h3,5-8,10-11,14,18H,2,4,9,12,16H2,1H3. The maximum atomic E-state index is 5.56. The van der Waals surface area contributed by atoms with Crippen LogP contribution in [0.15, 0.2) is 42.7 Å². The fourth-order valence-electron chi connectivity index (χ4n) is 2.13. The van der Waals surface area contributed by atoms with E-state index in [4.69, 9.17) is 10.5 Å². The van der Waals surface area contributed by atoms with Gasteiger partial charge in [0.1, 0.15) is 0 Å². The Balaban J connectivity index is 1.98. The van der Waals surface area contributed by atoms with Crippen molar-refractivity contribution >= 4 is 5.69 Å². The van der Waals surface area contributed by atoms with Gasteiger partial charge in [-0.05, 0) is 49.7 Å². The number of rotatable bonds is 8. The lowest BCUT2D eigenvalue weighted by molar-refractivity contribution is 0.182. The quantitative estimate of drug-likeness (QED) is 0.773. The van der Waals surface area contributed by atoms with Gasteiger partial charge in [-0.15, -0.1) is 0 Å². The third kappa shape index (κ3) is 4.08. The predicted molar refractivity (Wildman–Crippen MR) is 81.1 cm³/mol. The number of benzene rings is 1. The molecule has 0 radical (unpaired) electrons. The van der Waals surface area contributed by atoms with Crippen LogP contribution in [0.4, 0.5) is 5.69 Å². The fourth-order valence-corrected chi connectivity index (χ4v) is 2.13. The normalized spacial score (nSPS) is 12.3. The van der Waals surface area contributed by atoms with Crippen LogP contribution < -0.4 is 11.1 Å². The Hall–Kier alpha value is -1.85. The minimum atomic E-state index is 0.291. The summed E-state index contributed by atoms with van der Waals surface area (Å²) in [5.74, 6) is 0. The zero-order valence-corrected chi connectivity index (χ0v) is 11.8. The molecule has 0 fully saturated rings. The lowest BCUT2D eigenvalue weighted by atomic mass is 10.1. The average molecular weight is 274 g/mol. The highest BCUT2D eigenvalue weighted by Crippen LogP contribution is 2.15. The number of nitrogens with two attached hydrogens (primary N) is 1. The van der Waals surface area contributed by atoms with Gasteiger partial charge in [-0.2, -0.15) is 5.10 Å². The molecule has 3 N–H and O–H groups in total. The van der Waals surface area contributed by atoms with Gasteiger partial charge in [-0.25, -0.2) is 4.68 Å². The first-order valence-corrected chi connectivity index (χ1v) is 6.89. The minimum Gasteiger partial charge on any atom is -0.383 e. The molecule has 1 unspecified atom stereocenters. The van der Waals surface area contributed by atoms with Crippen LogP contribution >= 0.6 is 0 Å². The number of hydrogen-bond donors (Lipinski definition) is 2. The summed E-state index contributed by atoms with van der Waals surface area (Å²) in [5, 5.41) is 7.69. The summed E-state index contributed by atoms with van der Waals surface area (Å²) in [7, 11) is 1.72. The molecule has 0 saturated carbocycles. The van der Waals surface area contributed by atoms with Gasteiger partial charge >= 0.3 is 0 Å². The van der Waals surface area contributed by atoms with E-state index in [1.165, 1.54) is 0 Å². The first kappa shape index (κ1) is 14.6. The highest BCUT2D eigenvalue weighted by molar-refractivity contribution is 5.49. The van der Waals surface area contributed by atoms with E-state index >= 15 is 0 Å². The number of aromatic nitrogens is 2. The lowest BCUT2D eigenvalue weighted by Crippen LogP contribution is -2.25. The molecule has 0 spiro atoms. The van der Waals surface area contributed by atoms with Crippen molar-refractivity contribution in [1.29, 1.82) is 0 Å². The van der Waals surface area contributed by atoms with Crippen molar-refractivity contribution in [3.63, 3.8) is 0 Å². The predicted octanol–water partition coefficient (Wildman–Crippen LogP) is 2.04. The molecule has 5 nitrogen and oxygen atoms in total. The highest BCUT2D eigenvalue weighted by Gasteiger charge is 2.07. The maximum Gasteiger partial charge on any atom is 0.0664 e. The molecule has 0 amide bonds. The number of methoxy groups -OCH3 is 1. The highest BCUT2D eigenvalue weighted by atomic mass is 16.5. The molecule has 0 aliphatic heterocycles. The second-order valence-electron chi connectivity index (χ2n) is 4.73. The molecule has 1 atom stereocenters. The number of hydrogen-bond acceptors (Lipinski definition) is 4. The van der Waals surface area contributed by atoms with Gasteiger partial charge in [0.15, 0.2) is 0 Å². The van der Waals surface area contributed by atoms with E-state index in [2.05, 4.69) is 22.5 Å². The molecular weight excluding hydrogens is 252 g/mol. The lowest BCUT2D eigenvalue weighted by Gasteiger charge is -2.19. The summed E-state index contributed by atoms with van der Waals surface area (Å²) in [6.45, 7) is 1.39. The fraction of sp³-hybridized carbons (Fsp3) is 0.400. The molecular formula is C15H22N4O. The van der Waals surface area contributed by atoms with E-state index in [-0.39, 0.29) is 0 Å². The van der Waals surface area contributed by atoms with Crippen LogP contribution in [-0.4, -0.2) is 36.1 Å². The average Bonchev–Trinajstić information content (AvgIpc) is 3.00. The number of ether oxygens (including phenoxy) is 1. The van der Waals surface area contributed by atoms with Crippen LogP contribution in [-0.2, 0) is 4.74 Å². The van der Waals surface area contributed by atoms with E-state index in [0.29, 0.717) is 19.2 Å². The van der Waals surface area contributed by atoms with E-state index < -0.39 is 0 Å². The summed E-state index contributed by atoms with van der Waals surface area (Å²) in [5.41, 5.74) is 7.69.